The maximum Gasteiger partial charge on any atom is 0.238 e. The number of ether oxygens (including phenoxy) is 2. The van der Waals surface area contributed by atoms with Gasteiger partial charge in [-0.3, -0.25) is 9.69 Å². The summed E-state index contributed by atoms with van der Waals surface area (Å²) in [7, 11) is -1.46. The van der Waals surface area contributed by atoms with Gasteiger partial charge >= 0.3 is 0 Å². The second-order valence-electron chi connectivity index (χ2n) is 7.70. The lowest BCUT2D eigenvalue weighted by Gasteiger charge is -2.27. The monoisotopic (exact) mass is 446 g/mol. The van der Waals surface area contributed by atoms with E-state index in [2.05, 4.69) is 5.32 Å². The molecule has 1 aliphatic rings. The Hall–Kier alpha value is -2.58. The standard InChI is InChI=1S/C23H30N2O5S/c1-3-13-30-22-7-5-4-6-21(22)24-23(26)16-25(19-12-14-31(27,28)17-19)15-18-8-10-20(29-2)11-9-18/h4-11,19H,3,12-17H2,1-2H3,(H,24,26). The third-order valence-corrected chi connectivity index (χ3v) is 6.99. The Morgan fingerprint density at radius 3 is 2.55 bits per heavy atom. The molecule has 3 rings (SSSR count). The predicted octanol–water partition coefficient (Wildman–Crippen LogP) is 3.11. The number of carbonyl (C=O) groups is 1. The van der Waals surface area contributed by atoms with Gasteiger partial charge in [-0.1, -0.05) is 31.2 Å². The predicted molar refractivity (Wildman–Crippen MR) is 121 cm³/mol. The number of nitrogens with one attached hydrogen (secondary N) is 1. The molecule has 1 saturated heterocycles. The van der Waals surface area contributed by atoms with Crippen LogP contribution in [0.2, 0.25) is 0 Å². The van der Waals surface area contributed by atoms with E-state index in [4.69, 9.17) is 9.47 Å². The summed E-state index contributed by atoms with van der Waals surface area (Å²) in [6.45, 7) is 3.16. The molecule has 0 bridgehead atoms. The highest BCUT2D eigenvalue weighted by molar-refractivity contribution is 7.91. The van der Waals surface area contributed by atoms with Gasteiger partial charge in [-0.2, -0.15) is 0 Å². The minimum Gasteiger partial charge on any atom is -0.497 e. The Morgan fingerprint density at radius 2 is 1.90 bits per heavy atom. The van der Waals surface area contributed by atoms with Crippen LogP contribution in [0.15, 0.2) is 48.5 Å². The van der Waals surface area contributed by atoms with E-state index in [-0.39, 0.29) is 30.0 Å². The number of carbonyl (C=O) groups excluding carboxylic acids is 1. The van der Waals surface area contributed by atoms with Gasteiger partial charge < -0.3 is 14.8 Å². The molecule has 2 aromatic carbocycles. The van der Waals surface area contributed by atoms with E-state index in [0.717, 1.165) is 17.7 Å². The highest BCUT2D eigenvalue weighted by atomic mass is 32.2. The Kier molecular flexibility index (Phi) is 7.92. The third kappa shape index (κ3) is 6.70. The number of methoxy groups -OCH3 is 1. The van der Waals surface area contributed by atoms with Crippen LogP contribution in [0, 0.1) is 0 Å². The Bertz CT molecular complexity index is 976. The average molecular weight is 447 g/mol. The number of para-hydroxylation sites is 2. The fourth-order valence-corrected chi connectivity index (χ4v) is 5.39. The molecule has 1 atom stereocenters. The highest BCUT2D eigenvalue weighted by Crippen LogP contribution is 2.25. The first-order chi connectivity index (χ1) is 14.9. The topological polar surface area (TPSA) is 84.9 Å². The molecule has 7 nitrogen and oxygen atoms in total. The van der Waals surface area contributed by atoms with Gasteiger partial charge in [-0.05, 0) is 42.7 Å². The smallest absolute Gasteiger partial charge is 0.238 e. The van der Waals surface area contributed by atoms with Crippen molar-refractivity contribution in [3.8, 4) is 11.5 Å². The van der Waals surface area contributed by atoms with Crippen molar-refractivity contribution < 1.29 is 22.7 Å². The number of benzene rings is 2. The molecule has 1 unspecified atom stereocenters. The van der Waals surface area contributed by atoms with Crippen molar-refractivity contribution in [1.82, 2.24) is 4.90 Å². The van der Waals surface area contributed by atoms with Crippen LogP contribution in [-0.2, 0) is 21.2 Å². The summed E-state index contributed by atoms with van der Waals surface area (Å²) >= 11 is 0. The number of anilines is 1. The first-order valence-electron chi connectivity index (χ1n) is 10.5. The van der Waals surface area contributed by atoms with Crippen LogP contribution in [0.4, 0.5) is 5.69 Å². The van der Waals surface area contributed by atoms with Crippen LogP contribution in [0.1, 0.15) is 25.3 Å². The molecule has 31 heavy (non-hydrogen) atoms. The molecule has 1 fully saturated rings. The molecule has 0 aliphatic carbocycles. The highest BCUT2D eigenvalue weighted by Gasteiger charge is 2.33. The van der Waals surface area contributed by atoms with Crippen molar-refractivity contribution in [2.75, 3.05) is 37.1 Å². The van der Waals surface area contributed by atoms with Gasteiger partial charge in [0.25, 0.3) is 0 Å². The van der Waals surface area contributed by atoms with Crippen LogP contribution in [0.25, 0.3) is 0 Å². The summed E-state index contributed by atoms with van der Waals surface area (Å²) < 4.78 is 35.0. The molecule has 1 aliphatic heterocycles. The maximum atomic E-state index is 12.9. The lowest BCUT2D eigenvalue weighted by molar-refractivity contribution is -0.117. The molecule has 8 heteroatoms. The first kappa shape index (κ1) is 23.1. The van der Waals surface area contributed by atoms with Crippen LogP contribution >= 0.6 is 0 Å². The SMILES string of the molecule is CCCOc1ccccc1NC(=O)CN(Cc1ccc(OC)cc1)C1CCS(=O)(=O)C1. The molecule has 0 saturated carbocycles. The summed E-state index contributed by atoms with van der Waals surface area (Å²) in [5.74, 6) is 1.41. The van der Waals surface area contributed by atoms with Crippen LogP contribution in [0.5, 0.6) is 11.5 Å². The number of rotatable bonds is 10. The molecule has 1 N–H and O–H groups in total. The third-order valence-electron chi connectivity index (χ3n) is 5.24. The normalized spacial score (nSPS) is 17.5. The van der Waals surface area contributed by atoms with E-state index >= 15 is 0 Å². The quantitative estimate of drug-likeness (QED) is 0.604. The van der Waals surface area contributed by atoms with Gasteiger partial charge in [0.2, 0.25) is 5.91 Å². The van der Waals surface area contributed by atoms with Gasteiger partial charge in [0.1, 0.15) is 11.5 Å². The lowest BCUT2D eigenvalue weighted by atomic mass is 10.1. The largest absolute Gasteiger partial charge is 0.497 e. The number of sulfone groups is 1. The van der Waals surface area contributed by atoms with Gasteiger partial charge in [0, 0.05) is 12.6 Å². The maximum absolute atomic E-state index is 12.9. The summed E-state index contributed by atoms with van der Waals surface area (Å²) in [6, 6.07) is 14.7. The van der Waals surface area contributed by atoms with Crippen LogP contribution < -0.4 is 14.8 Å². The zero-order chi connectivity index (χ0) is 22.3. The second kappa shape index (κ2) is 10.6. The van der Waals surface area contributed by atoms with Gasteiger partial charge in [-0.15, -0.1) is 0 Å². The molecule has 2 aromatic rings. The molecule has 0 spiro atoms. The van der Waals surface area contributed by atoms with Crippen molar-refractivity contribution in [3.05, 3.63) is 54.1 Å². The fourth-order valence-electron chi connectivity index (χ4n) is 3.62. The van der Waals surface area contributed by atoms with Crippen LogP contribution in [0.3, 0.4) is 0 Å². The van der Waals surface area contributed by atoms with Crippen molar-refractivity contribution in [3.63, 3.8) is 0 Å². The molecule has 0 radical (unpaired) electrons. The Labute approximate surface area is 184 Å². The zero-order valence-electron chi connectivity index (χ0n) is 18.0. The fraction of sp³-hybridized carbons (Fsp3) is 0.435. The average Bonchev–Trinajstić information content (AvgIpc) is 3.13. The number of hydrogen-bond donors (Lipinski definition) is 1. The minimum absolute atomic E-state index is 0.0760. The Morgan fingerprint density at radius 1 is 1.16 bits per heavy atom. The first-order valence-corrected chi connectivity index (χ1v) is 12.3. The molecule has 1 heterocycles. The van der Waals surface area contributed by atoms with E-state index in [1.54, 1.807) is 13.2 Å². The minimum atomic E-state index is -3.07. The lowest BCUT2D eigenvalue weighted by Crippen LogP contribution is -2.41. The number of hydrogen-bond acceptors (Lipinski definition) is 6. The van der Waals surface area contributed by atoms with Gasteiger partial charge in [0.15, 0.2) is 9.84 Å². The van der Waals surface area contributed by atoms with Crippen molar-refractivity contribution >= 4 is 21.4 Å². The molecular formula is C23H30N2O5S. The van der Waals surface area contributed by atoms with E-state index in [9.17, 15) is 13.2 Å². The summed E-state index contributed by atoms with van der Waals surface area (Å²) in [5.41, 5.74) is 1.61. The molecule has 168 valence electrons. The Balaban J connectivity index is 1.72. The zero-order valence-corrected chi connectivity index (χ0v) is 18.9. The van der Waals surface area contributed by atoms with Crippen LogP contribution in [-0.4, -0.2) is 57.0 Å². The molecule has 0 aromatic heterocycles. The number of amides is 1. The van der Waals surface area contributed by atoms with Gasteiger partial charge in [0.05, 0.1) is 37.5 Å². The van der Waals surface area contributed by atoms with Gasteiger partial charge in [-0.25, -0.2) is 8.42 Å². The number of nitrogens with zero attached hydrogens (tertiary/aromatic N) is 1. The summed E-state index contributed by atoms with van der Waals surface area (Å²) in [6.07, 6.45) is 1.40. The summed E-state index contributed by atoms with van der Waals surface area (Å²) in [5, 5.41) is 2.92. The second-order valence-corrected chi connectivity index (χ2v) is 9.93. The van der Waals surface area contributed by atoms with E-state index in [1.807, 2.05) is 54.3 Å². The summed E-state index contributed by atoms with van der Waals surface area (Å²) in [4.78, 5) is 14.8. The van der Waals surface area contributed by atoms with E-state index in [1.165, 1.54) is 0 Å². The molecular weight excluding hydrogens is 416 g/mol. The van der Waals surface area contributed by atoms with E-state index < -0.39 is 9.84 Å². The molecule has 1 amide bonds. The van der Waals surface area contributed by atoms with Crippen molar-refractivity contribution in [2.45, 2.75) is 32.4 Å². The van der Waals surface area contributed by atoms with Crippen molar-refractivity contribution in [2.24, 2.45) is 0 Å². The van der Waals surface area contributed by atoms with Crippen molar-refractivity contribution in [1.29, 1.82) is 0 Å². The van der Waals surface area contributed by atoms with E-state index in [0.29, 0.717) is 31.0 Å².